The summed E-state index contributed by atoms with van der Waals surface area (Å²) in [6, 6.07) is 14.1. The van der Waals surface area contributed by atoms with Crippen LogP contribution in [0.2, 0.25) is 0 Å². The molecule has 1 aliphatic rings. The lowest BCUT2D eigenvalue weighted by molar-refractivity contribution is -0.387. The van der Waals surface area contributed by atoms with Crippen LogP contribution in [-0.2, 0) is 9.53 Å². The molecule has 1 fully saturated rings. The predicted molar refractivity (Wildman–Crippen MR) is 122 cm³/mol. The third kappa shape index (κ3) is 5.13. The number of nitriles is 1. The number of aromatic nitrogens is 1. The van der Waals surface area contributed by atoms with Crippen LogP contribution in [0, 0.1) is 21.4 Å². The smallest absolute Gasteiger partial charge is 0.283 e. The zero-order chi connectivity index (χ0) is 22.5. The molecular formula is C22H18N4O4S2. The number of hydrogen-bond acceptors (Lipinski definition) is 8. The second-order valence-corrected chi connectivity index (χ2v) is 9.37. The van der Waals surface area contributed by atoms with E-state index in [2.05, 4.69) is 10.3 Å². The van der Waals surface area contributed by atoms with Crippen LogP contribution >= 0.6 is 23.1 Å². The largest absolute Gasteiger partial charge is 0.376 e. The molecule has 0 aliphatic carbocycles. The van der Waals surface area contributed by atoms with E-state index in [0.29, 0.717) is 28.0 Å². The zero-order valence-corrected chi connectivity index (χ0v) is 18.4. The molecule has 0 bridgehead atoms. The number of amides is 1. The first-order chi connectivity index (χ1) is 15.5. The van der Waals surface area contributed by atoms with Crippen LogP contribution in [0.25, 0.3) is 16.3 Å². The van der Waals surface area contributed by atoms with E-state index in [1.165, 1.54) is 35.2 Å². The summed E-state index contributed by atoms with van der Waals surface area (Å²) in [6.45, 7) is 1.00. The van der Waals surface area contributed by atoms with Crippen molar-refractivity contribution in [3.63, 3.8) is 0 Å². The number of thiazole rings is 1. The maximum atomic E-state index is 12.3. The summed E-state index contributed by atoms with van der Waals surface area (Å²) in [4.78, 5) is 28.5. The number of nitro groups is 1. The Morgan fingerprint density at radius 3 is 2.97 bits per heavy atom. The average Bonchev–Trinajstić information content (AvgIpc) is 3.45. The van der Waals surface area contributed by atoms with Crippen molar-refractivity contribution in [2.45, 2.75) is 28.2 Å². The molecule has 162 valence electrons. The number of ether oxygens (including phenoxy) is 1. The number of nitrogens with one attached hydrogen (secondary N) is 1. The summed E-state index contributed by atoms with van der Waals surface area (Å²) in [5, 5.41) is 23.8. The van der Waals surface area contributed by atoms with Crippen LogP contribution in [0.1, 0.15) is 18.4 Å². The summed E-state index contributed by atoms with van der Waals surface area (Å²) in [7, 11) is 0. The van der Waals surface area contributed by atoms with Crippen LogP contribution in [-0.4, -0.2) is 35.1 Å². The molecule has 0 radical (unpaired) electrons. The lowest BCUT2D eigenvalue weighted by Crippen LogP contribution is -2.32. The van der Waals surface area contributed by atoms with E-state index in [1.807, 2.05) is 30.3 Å². The number of carbonyl (C=O) groups is 1. The number of benzene rings is 2. The highest BCUT2D eigenvalue weighted by atomic mass is 32.2. The summed E-state index contributed by atoms with van der Waals surface area (Å²) in [5.41, 5.74) is 1.01. The summed E-state index contributed by atoms with van der Waals surface area (Å²) < 4.78 is 7.16. The van der Waals surface area contributed by atoms with Gasteiger partial charge in [0.15, 0.2) is 4.34 Å². The molecule has 32 heavy (non-hydrogen) atoms. The molecular weight excluding hydrogens is 448 g/mol. The van der Waals surface area contributed by atoms with E-state index < -0.39 is 10.8 Å². The van der Waals surface area contributed by atoms with Crippen molar-refractivity contribution in [3.8, 4) is 6.07 Å². The minimum absolute atomic E-state index is 0.0428. The van der Waals surface area contributed by atoms with Crippen LogP contribution in [0.4, 0.5) is 5.69 Å². The van der Waals surface area contributed by atoms with Crippen molar-refractivity contribution >= 4 is 51.0 Å². The van der Waals surface area contributed by atoms with Crippen LogP contribution < -0.4 is 5.32 Å². The minimum Gasteiger partial charge on any atom is -0.376 e. The van der Waals surface area contributed by atoms with E-state index in [4.69, 9.17) is 4.74 Å². The number of rotatable bonds is 7. The van der Waals surface area contributed by atoms with Gasteiger partial charge in [-0.25, -0.2) is 4.98 Å². The normalized spacial score (nSPS) is 16.1. The molecule has 1 N–H and O–H groups in total. The maximum Gasteiger partial charge on any atom is 0.283 e. The molecule has 1 aliphatic heterocycles. The van der Waals surface area contributed by atoms with Crippen LogP contribution in [0.3, 0.4) is 0 Å². The molecule has 2 aromatic carbocycles. The van der Waals surface area contributed by atoms with Gasteiger partial charge in [-0.2, -0.15) is 5.26 Å². The van der Waals surface area contributed by atoms with E-state index >= 15 is 0 Å². The molecule has 4 rings (SSSR count). The highest BCUT2D eigenvalue weighted by Gasteiger charge is 2.20. The lowest BCUT2D eigenvalue weighted by atomic mass is 10.1. The van der Waals surface area contributed by atoms with Crippen molar-refractivity contribution in [1.29, 1.82) is 5.26 Å². The Kier molecular flexibility index (Phi) is 6.80. The van der Waals surface area contributed by atoms with Crippen molar-refractivity contribution < 1.29 is 14.5 Å². The Balaban J connectivity index is 1.53. The number of nitro benzene ring substituents is 1. The second kappa shape index (κ2) is 9.91. The summed E-state index contributed by atoms with van der Waals surface area (Å²) in [5.74, 6) is -0.529. The molecule has 1 atom stereocenters. The first-order valence-corrected chi connectivity index (χ1v) is 11.5. The summed E-state index contributed by atoms with van der Waals surface area (Å²) >= 11 is 2.68. The van der Waals surface area contributed by atoms with E-state index in [1.54, 1.807) is 12.1 Å². The zero-order valence-electron chi connectivity index (χ0n) is 16.8. The SMILES string of the molecule is N#C/C(=C\c1ccc(Sc2nc3ccccc3s2)c([N+](=O)[O-])c1)C(=O)NC[C@H]1CCCO1. The second-order valence-electron chi connectivity index (χ2n) is 7.05. The number of nitrogens with zero attached hydrogens (tertiary/aromatic N) is 3. The minimum atomic E-state index is -0.529. The Hall–Kier alpha value is -3.26. The number of para-hydroxylation sites is 1. The fraction of sp³-hybridized carbons (Fsp3) is 0.227. The first kappa shape index (κ1) is 22.0. The van der Waals surface area contributed by atoms with Crippen molar-refractivity contribution in [2.75, 3.05) is 13.2 Å². The Morgan fingerprint density at radius 1 is 1.41 bits per heavy atom. The van der Waals surface area contributed by atoms with Crippen molar-refractivity contribution in [2.24, 2.45) is 0 Å². The van der Waals surface area contributed by atoms with Gasteiger partial charge in [-0.3, -0.25) is 14.9 Å². The van der Waals surface area contributed by atoms with Gasteiger partial charge in [0.1, 0.15) is 11.6 Å². The molecule has 8 nitrogen and oxygen atoms in total. The third-order valence-electron chi connectivity index (χ3n) is 4.84. The van der Waals surface area contributed by atoms with Gasteiger partial charge in [0.2, 0.25) is 0 Å². The van der Waals surface area contributed by atoms with Crippen LogP contribution in [0.5, 0.6) is 0 Å². The third-order valence-corrected chi connectivity index (χ3v) is 7.00. The topological polar surface area (TPSA) is 118 Å². The Labute approximate surface area is 192 Å². The summed E-state index contributed by atoms with van der Waals surface area (Å²) in [6.07, 6.45) is 3.13. The predicted octanol–water partition coefficient (Wildman–Crippen LogP) is 4.56. The Bertz CT molecular complexity index is 1210. The number of carbonyl (C=O) groups excluding carboxylic acids is 1. The van der Waals surface area contributed by atoms with Crippen molar-refractivity contribution in [1.82, 2.24) is 10.3 Å². The lowest BCUT2D eigenvalue weighted by Gasteiger charge is -2.10. The van der Waals surface area contributed by atoms with Crippen LogP contribution in [0.15, 0.2) is 57.3 Å². The maximum absolute atomic E-state index is 12.3. The van der Waals surface area contributed by atoms with Gasteiger partial charge in [-0.15, -0.1) is 11.3 Å². The molecule has 0 spiro atoms. The number of hydrogen-bond donors (Lipinski definition) is 1. The Morgan fingerprint density at radius 2 is 2.25 bits per heavy atom. The van der Waals surface area contributed by atoms with Gasteiger partial charge < -0.3 is 10.1 Å². The van der Waals surface area contributed by atoms with E-state index in [9.17, 15) is 20.2 Å². The van der Waals surface area contributed by atoms with Gasteiger partial charge >= 0.3 is 0 Å². The number of fused-ring (bicyclic) bond motifs is 1. The van der Waals surface area contributed by atoms with Gasteiger partial charge in [-0.1, -0.05) is 30.0 Å². The molecule has 1 amide bonds. The highest BCUT2D eigenvalue weighted by molar-refractivity contribution is 8.01. The molecule has 10 heteroatoms. The highest BCUT2D eigenvalue weighted by Crippen LogP contribution is 2.39. The van der Waals surface area contributed by atoms with Gasteiger partial charge in [0, 0.05) is 19.2 Å². The molecule has 1 aromatic heterocycles. The molecule has 0 unspecified atom stereocenters. The molecule has 2 heterocycles. The van der Waals surface area contributed by atoms with Gasteiger partial charge in [0.05, 0.1) is 26.1 Å². The molecule has 0 saturated carbocycles. The fourth-order valence-electron chi connectivity index (χ4n) is 3.26. The molecule has 1 saturated heterocycles. The van der Waals surface area contributed by atoms with E-state index in [-0.39, 0.29) is 17.4 Å². The fourth-order valence-corrected chi connectivity index (χ4v) is 5.37. The van der Waals surface area contributed by atoms with Gasteiger partial charge in [0.25, 0.3) is 11.6 Å². The first-order valence-electron chi connectivity index (χ1n) is 9.87. The molecule has 3 aromatic rings. The monoisotopic (exact) mass is 466 g/mol. The average molecular weight is 467 g/mol. The quantitative estimate of drug-likeness (QED) is 0.235. The van der Waals surface area contributed by atoms with Gasteiger partial charge in [-0.05, 0) is 42.7 Å². The van der Waals surface area contributed by atoms with Crippen molar-refractivity contribution in [3.05, 3.63) is 63.7 Å². The standard InChI is InChI=1S/C22H18N4O4S2/c23-12-15(21(27)24-13-16-4-3-9-30-16)10-14-7-8-20(18(11-14)26(28)29)32-22-25-17-5-1-2-6-19(17)31-22/h1-2,5-8,10-11,16H,3-4,9,13H2,(H,24,27)/b15-10+/t16-/m1/s1. The van der Waals surface area contributed by atoms with E-state index in [0.717, 1.165) is 23.1 Å².